The summed E-state index contributed by atoms with van der Waals surface area (Å²) in [7, 11) is -7.67. The number of carbonyl (C=O) groups is 1. The topological polar surface area (TPSA) is 91.8 Å². The highest BCUT2D eigenvalue weighted by atomic mass is 32.2. The van der Waals surface area contributed by atoms with Crippen LogP contribution in [0.25, 0.3) is 0 Å². The number of aryl methyl sites for hydroxylation is 1. The highest BCUT2D eigenvalue weighted by Crippen LogP contribution is 2.47. The molecule has 2 fully saturated rings. The van der Waals surface area contributed by atoms with Gasteiger partial charge in [-0.25, -0.2) is 16.8 Å². The lowest BCUT2D eigenvalue weighted by atomic mass is 9.77. The van der Waals surface area contributed by atoms with E-state index < -0.39 is 44.1 Å². The number of rotatable bonds is 5. The van der Waals surface area contributed by atoms with Crippen LogP contribution in [-0.4, -0.2) is 50.1 Å². The zero-order chi connectivity index (χ0) is 26.4. The Hall–Kier alpha value is -2.85. The van der Waals surface area contributed by atoms with Gasteiger partial charge >= 0.3 is 0 Å². The Morgan fingerprint density at radius 3 is 1.84 bits per heavy atom. The molecule has 37 heavy (non-hydrogen) atoms. The van der Waals surface area contributed by atoms with Crippen molar-refractivity contribution in [2.45, 2.75) is 42.8 Å². The third kappa shape index (κ3) is 4.88. The van der Waals surface area contributed by atoms with E-state index in [-0.39, 0.29) is 30.1 Å². The van der Waals surface area contributed by atoms with Crippen LogP contribution in [0.15, 0.2) is 89.8 Å². The van der Waals surface area contributed by atoms with E-state index in [0.717, 1.165) is 22.9 Å². The Bertz CT molecular complexity index is 1490. The molecule has 7 nitrogen and oxygen atoms in total. The van der Waals surface area contributed by atoms with E-state index in [1.54, 1.807) is 24.3 Å². The largest absolute Gasteiger partial charge is 0.299 e. The van der Waals surface area contributed by atoms with Crippen molar-refractivity contribution in [2.24, 2.45) is 5.92 Å². The summed E-state index contributed by atoms with van der Waals surface area (Å²) in [4.78, 5) is 13.7. The van der Waals surface area contributed by atoms with Crippen LogP contribution in [0.1, 0.15) is 41.6 Å². The van der Waals surface area contributed by atoms with Crippen LogP contribution in [0.4, 0.5) is 0 Å². The second-order valence-corrected chi connectivity index (χ2v) is 13.7. The van der Waals surface area contributed by atoms with Crippen molar-refractivity contribution < 1.29 is 21.6 Å². The molecule has 0 amide bonds. The van der Waals surface area contributed by atoms with Crippen molar-refractivity contribution in [1.82, 2.24) is 8.61 Å². The van der Waals surface area contributed by atoms with Gasteiger partial charge in [-0.05, 0) is 36.6 Å². The Labute approximate surface area is 218 Å². The van der Waals surface area contributed by atoms with Crippen LogP contribution < -0.4 is 0 Å². The lowest BCUT2D eigenvalue weighted by Gasteiger charge is -2.51. The number of nitrogens with zero attached hydrogens (tertiary/aromatic N) is 2. The molecule has 0 bridgehead atoms. The van der Waals surface area contributed by atoms with E-state index in [1.165, 1.54) is 8.61 Å². The zero-order valence-electron chi connectivity index (χ0n) is 20.8. The molecule has 9 heteroatoms. The molecular weight excluding hydrogens is 508 g/mol. The molecule has 0 spiro atoms. The summed E-state index contributed by atoms with van der Waals surface area (Å²) in [6.07, 6.45) is 1.32. The summed E-state index contributed by atoms with van der Waals surface area (Å²) in [5, 5.41) is 0. The second kappa shape index (κ2) is 9.79. The Balaban J connectivity index is 1.66. The summed E-state index contributed by atoms with van der Waals surface area (Å²) < 4.78 is 57.1. The monoisotopic (exact) mass is 538 g/mol. The summed E-state index contributed by atoms with van der Waals surface area (Å²) in [5.41, 5.74) is 2.45. The number of hydrogen-bond donors (Lipinski definition) is 0. The molecule has 2 unspecified atom stereocenters. The summed E-state index contributed by atoms with van der Waals surface area (Å²) in [5.74, 6) is -0.871. The van der Waals surface area contributed by atoms with Gasteiger partial charge in [0.1, 0.15) is 5.78 Å². The van der Waals surface area contributed by atoms with Gasteiger partial charge in [-0.1, -0.05) is 78.4 Å². The van der Waals surface area contributed by atoms with Gasteiger partial charge in [0.25, 0.3) is 0 Å². The first-order valence-electron chi connectivity index (χ1n) is 12.3. The molecule has 2 saturated heterocycles. The second-order valence-electron chi connectivity index (χ2n) is 9.91. The Morgan fingerprint density at radius 2 is 1.30 bits per heavy atom. The van der Waals surface area contributed by atoms with Crippen LogP contribution in [-0.2, 0) is 24.8 Å². The van der Waals surface area contributed by atoms with Crippen molar-refractivity contribution in [2.75, 3.05) is 12.8 Å². The molecule has 3 aromatic rings. The minimum absolute atomic E-state index is 0.0100. The predicted octanol–water partition coefficient (Wildman–Crippen LogP) is 4.09. The molecule has 2 aliphatic rings. The van der Waals surface area contributed by atoms with Gasteiger partial charge in [-0.15, -0.1) is 0 Å². The normalized spacial score (nSPS) is 25.5. The fraction of sp³-hybridized carbons (Fsp3) is 0.321. The number of Topliss-reactive ketones (excluding diaryl/α,β-unsaturated/α-hetero) is 1. The molecule has 0 aliphatic carbocycles. The van der Waals surface area contributed by atoms with Gasteiger partial charge in [-0.2, -0.15) is 8.61 Å². The van der Waals surface area contributed by atoms with Crippen LogP contribution in [0.3, 0.4) is 0 Å². The molecule has 2 aliphatic heterocycles. The molecule has 2 heterocycles. The van der Waals surface area contributed by atoms with Crippen molar-refractivity contribution in [3.05, 3.63) is 102 Å². The van der Waals surface area contributed by atoms with Crippen LogP contribution >= 0.6 is 0 Å². The first-order chi connectivity index (χ1) is 17.6. The summed E-state index contributed by atoms with van der Waals surface area (Å²) in [6, 6.07) is 23.2. The van der Waals surface area contributed by atoms with Crippen LogP contribution in [0.5, 0.6) is 0 Å². The maximum Gasteiger partial charge on any atom is 0.243 e. The fourth-order valence-corrected chi connectivity index (χ4v) is 8.62. The summed E-state index contributed by atoms with van der Waals surface area (Å²) >= 11 is 0. The first kappa shape index (κ1) is 25.8. The minimum atomic E-state index is -4.02. The average molecular weight is 539 g/mol. The molecule has 0 radical (unpaired) electrons. The molecule has 4 atom stereocenters. The molecule has 0 aromatic heterocycles. The van der Waals surface area contributed by atoms with E-state index >= 15 is 0 Å². The molecule has 194 valence electrons. The number of sulfonamides is 2. The zero-order valence-corrected chi connectivity index (χ0v) is 22.4. The quantitative estimate of drug-likeness (QED) is 0.488. The molecule has 0 N–H and O–H groups in total. The van der Waals surface area contributed by atoms with Gasteiger partial charge in [-0.3, -0.25) is 4.79 Å². The van der Waals surface area contributed by atoms with Gasteiger partial charge in [0.05, 0.1) is 23.2 Å². The van der Waals surface area contributed by atoms with Crippen LogP contribution in [0, 0.1) is 12.8 Å². The molecular formula is C28H30N2O5S2. The van der Waals surface area contributed by atoms with Crippen molar-refractivity contribution in [3.63, 3.8) is 0 Å². The Kier molecular flexibility index (Phi) is 6.83. The number of hydrogen-bond acceptors (Lipinski definition) is 5. The number of benzene rings is 3. The van der Waals surface area contributed by atoms with Crippen LogP contribution in [0.2, 0.25) is 0 Å². The van der Waals surface area contributed by atoms with E-state index in [9.17, 15) is 21.6 Å². The lowest BCUT2D eigenvalue weighted by Crippen LogP contribution is -2.60. The van der Waals surface area contributed by atoms with Gasteiger partial charge < -0.3 is 0 Å². The molecule has 0 saturated carbocycles. The minimum Gasteiger partial charge on any atom is -0.299 e. The average Bonchev–Trinajstić information content (AvgIpc) is 2.88. The van der Waals surface area contributed by atoms with Gasteiger partial charge in [0.15, 0.2) is 0 Å². The van der Waals surface area contributed by atoms with Crippen molar-refractivity contribution >= 4 is 25.8 Å². The SMILES string of the molecule is Cc1ccc(S(=O)(=O)N2C(c3ccccc3)CC(=O)[C@@H]3CN(S(C)(=O)=O)C(c4ccccc4)C[C@@H]32)cc1. The van der Waals surface area contributed by atoms with E-state index in [2.05, 4.69) is 0 Å². The number of piperidine rings is 2. The summed E-state index contributed by atoms with van der Waals surface area (Å²) in [6.45, 7) is 1.84. The third-order valence-electron chi connectivity index (χ3n) is 7.49. The van der Waals surface area contributed by atoms with Crippen molar-refractivity contribution in [3.8, 4) is 0 Å². The standard InChI is InChI=1S/C28H30N2O5S2/c1-20-13-15-23(16-14-20)37(34,35)30-26(22-11-7-4-8-12-22)18-28(31)24-19-29(36(2,32)33)25(17-27(24)30)21-9-5-3-6-10-21/h3-16,24-27H,17-19H2,1-2H3/t24-,25?,26?,27+/m1/s1. The van der Waals surface area contributed by atoms with Gasteiger partial charge in [0.2, 0.25) is 20.0 Å². The van der Waals surface area contributed by atoms with E-state index in [4.69, 9.17) is 0 Å². The maximum atomic E-state index is 14.2. The molecule has 3 aromatic carbocycles. The first-order valence-corrected chi connectivity index (χ1v) is 15.6. The smallest absolute Gasteiger partial charge is 0.243 e. The molecule has 5 rings (SSSR count). The van der Waals surface area contributed by atoms with E-state index in [1.807, 2.05) is 67.6 Å². The third-order valence-corrected chi connectivity index (χ3v) is 10.7. The number of carbonyl (C=O) groups excluding carboxylic acids is 1. The lowest BCUT2D eigenvalue weighted by molar-refractivity contribution is -0.132. The van der Waals surface area contributed by atoms with Crippen molar-refractivity contribution in [1.29, 1.82) is 0 Å². The highest BCUT2D eigenvalue weighted by molar-refractivity contribution is 7.89. The van der Waals surface area contributed by atoms with E-state index in [0.29, 0.717) is 0 Å². The predicted molar refractivity (Wildman–Crippen MR) is 142 cm³/mol. The maximum absolute atomic E-state index is 14.2. The fourth-order valence-electron chi connectivity index (χ4n) is 5.68. The number of fused-ring (bicyclic) bond motifs is 1. The highest BCUT2D eigenvalue weighted by Gasteiger charge is 2.53. The Morgan fingerprint density at radius 1 is 0.757 bits per heavy atom. The number of ketones is 1. The van der Waals surface area contributed by atoms with Gasteiger partial charge in [0, 0.05) is 24.9 Å².